The van der Waals surface area contributed by atoms with Crippen LogP contribution in [0.1, 0.15) is 39.5 Å². The summed E-state index contributed by atoms with van der Waals surface area (Å²) in [7, 11) is 0. The SMILES string of the molecule is CC1(CC/C=C(\CO)C(=O)O)C2CC3C(C2)C31C. The number of aliphatic hydroxyl groups excluding tert-OH is 1. The van der Waals surface area contributed by atoms with Crippen LogP contribution in [0.3, 0.4) is 0 Å². The van der Waals surface area contributed by atoms with E-state index >= 15 is 0 Å². The van der Waals surface area contributed by atoms with Gasteiger partial charge < -0.3 is 10.2 Å². The summed E-state index contributed by atoms with van der Waals surface area (Å²) in [5.41, 5.74) is 1.08. The molecule has 0 aromatic carbocycles. The van der Waals surface area contributed by atoms with Crippen LogP contribution in [-0.4, -0.2) is 22.8 Å². The predicted molar refractivity (Wildman–Crippen MR) is 68.0 cm³/mol. The Kier molecular flexibility index (Phi) is 2.44. The van der Waals surface area contributed by atoms with Crippen molar-refractivity contribution in [2.75, 3.05) is 6.61 Å². The van der Waals surface area contributed by atoms with Crippen molar-refractivity contribution in [1.82, 2.24) is 0 Å². The van der Waals surface area contributed by atoms with Gasteiger partial charge in [-0.15, -0.1) is 0 Å². The third-order valence-corrected chi connectivity index (χ3v) is 6.63. The summed E-state index contributed by atoms with van der Waals surface area (Å²) in [6.07, 6.45) is 6.35. The van der Waals surface area contributed by atoms with Crippen LogP contribution in [0.5, 0.6) is 0 Å². The van der Waals surface area contributed by atoms with Gasteiger partial charge in [-0.05, 0) is 54.3 Å². The van der Waals surface area contributed by atoms with Crippen LogP contribution in [0.4, 0.5) is 0 Å². The van der Waals surface area contributed by atoms with Gasteiger partial charge >= 0.3 is 5.97 Å². The summed E-state index contributed by atoms with van der Waals surface area (Å²) in [6.45, 7) is 4.47. The Morgan fingerprint density at radius 2 is 1.94 bits per heavy atom. The summed E-state index contributed by atoms with van der Waals surface area (Å²) in [4.78, 5) is 10.8. The molecular formula is C15H22O3. The number of hydrogen-bond acceptors (Lipinski definition) is 2. The fourth-order valence-electron chi connectivity index (χ4n) is 5.27. The first kappa shape index (κ1) is 12.2. The van der Waals surface area contributed by atoms with Crippen LogP contribution in [-0.2, 0) is 4.79 Å². The highest BCUT2D eigenvalue weighted by Crippen LogP contribution is 2.87. The second-order valence-corrected chi connectivity index (χ2v) is 6.81. The van der Waals surface area contributed by atoms with E-state index in [0.717, 1.165) is 30.6 Å². The Labute approximate surface area is 108 Å². The van der Waals surface area contributed by atoms with Crippen LogP contribution < -0.4 is 0 Å². The normalized spacial score (nSPS) is 48.6. The lowest BCUT2D eigenvalue weighted by Gasteiger charge is -2.34. The zero-order chi connectivity index (χ0) is 13.1. The maximum atomic E-state index is 10.8. The van der Waals surface area contributed by atoms with E-state index in [2.05, 4.69) is 13.8 Å². The topological polar surface area (TPSA) is 57.5 Å². The van der Waals surface area contributed by atoms with Gasteiger partial charge in [-0.1, -0.05) is 19.9 Å². The highest BCUT2D eigenvalue weighted by Gasteiger charge is 2.80. The maximum Gasteiger partial charge on any atom is 0.333 e. The van der Waals surface area contributed by atoms with Crippen molar-refractivity contribution in [3.63, 3.8) is 0 Å². The Hall–Kier alpha value is -0.830. The monoisotopic (exact) mass is 250 g/mol. The number of rotatable bonds is 5. The van der Waals surface area contributed by atoms with Crippen LogP contribution >= 0.6 is 0 Å². The first-order chi connectivity index (χ1) is 8.45. The number of aliphatic carboxylic acids is 1. The van der Waals surface area contributed by atoms with Crippen molar-refractivity contribution in [2.45, 2.75) is 39.5 Å². The van der Waals surface area contributed by atoms with Crippen molar-refractivity contribution in [3.05, 3.63) is 11.6 Å². The molecule has 3 heteroatoms. The summed E-state index contributed by atoms with van der Waals surface area (Å²) >= 11 is 0. The third-order valence-electron chi connectivity index (χ3n) is 6.63. The summed E-state index contributed by atoms with van der Waals surface area (Å²) in [6, 6.07) is 0. The number of carbonyl (C=O) groups is 1. The second kappa shape index (κ2) is 3.60. The van der Waals surface area contributed by atoms with Gasteiger partial charge in [0.25, 0.3) is 0 Å². The molecule has 0 radical (unpaired) electrons. The molecule has 4 bridgehead atoms. The zero-order valence-electron chi connectivity index (χ0n) is 11.1. The molecular weight excluding hydrogens is 228 g/mol. The lowest BCUT2D eigenvalue weighted by molar-refractivity contribution is -0.133. The average Bonchev–Trinajstić information content (AvgIpc) is 2.69. The van der Waals surface area contributed by atoms with Crippen LogP contribution in [0, 0.1) is 28.6 Å². The quantitative estimate of drug-likeness (QED) is 0.737. The lowest BCUT2D eigenvalue weighted by atomic mass is 9.71. The average molecular weight is 250 g/mol. The van der Waals surface area contributed by atoms with E-state index in [4.69, 9.17) is 10.2 Å². The van der Waals surface area contributed by atoms with E-state index in [1.54, 1.807) is 6.08 Å². The van der Waals surface area contributed by atoms with Crippen LogP contribution in [0.15, 0.2) is 11.6 Å². The van der Waals surface area contributed by atoms with Crippen molar-refractivity contribution >= 4 is 5.97 Å². The maximum absolute atomic E-state index is 10.8. The molecule has 4 rings (SSSR count). The van der Waals surface area contributed by atoms with Gasteiger partial charge in [0.15, 0.2) is 0 Å². The number of hydrogen-bond donors (Lipinski definition) is 2. The third kappa shape index (κ3) is 1.26. The molecule has 0 aromatic heterocycles. The second-order valence-electron chi connectivity index (χ2n) is 6.81. The lowest BCUT2D eigenvalue weighted by Crippen LogP contribution is -2.26. The standard InChI is InChI=1S/C15H22O3/c1-14(5-3-4-9(8-16)13(17)18)10-6-11-12(7-10)15(11,14)2/h4,10-12,16H,3,5-8H2,1-2H3,(H,17,18)/b9-4+. The number of carboxylic acid groups (broad SMARTS) is 1. The Morgan fingerprint density at radius 3 is 2.33 bits per heavy atom. The van der Waals surface area contributed by atoms with E-state index < -0.39 is 5.97 Å². The molecule has 3 nitrogen and oxygen atoms in total. The van der Waals surface area contributed by atoms with E-state index in [9.17, 15) is 4.79 Å². The molecule has 2 N–H and O–H groups in total. The molecule has 0 aliphatic heterocycles. The summed E-state index contributed by atoms with van der Waals surface area (Å²) in [5, 5.41) is 17.8. The molecule has 0 spiro atoms. The van der Waals surface area contributed by atoms with Gasteiger partial charge in [-0.3, -0.25) is 0 Å². The van der Waals surface area contributed by atoms with E-state index in [-0.39, 0.29) is 12.2 Å². The minimum Gasteiger partial charge on any atom is -0.478 e. The predicted octanol–water partition coefficient (Wildman–Crippen LogP) is 2.45. The van der Waals surface area contributed by atoms with Crippen molar-refractivity contribution in [1.29, 1.82) is 0 Å². The smallest absolute Gasteiger partial charge is 0.333 e. The molecule has 3 unspecified atom stereocenters. The van der Waals surface area contributed by atoms with Crippen molar-refractivity contribution < 1.29 is 15.0 Å². The minimum absolute atomic E-state index is 0.140. The van der Waals surface area contributed by atoms with Crippen LogP contribution in [0.25, 0.3) is 0 Å². The molecule has 4 aliphatic carbocycles. The highest BCUT2D eigenvalue weighted by molar-refractivity contribution is 5.86. The fourth-order valence-corrected chi connectivity index (χ4v) is 5.27. The highest BCUT2D eigenvalue weighted by atomic mass is 16.4. The number of aliphatic hydroxyl groups is 1. The van der Waals surface area contributed by atoms with Crippen molar-refractivity contribution in [3.8, 4) is 0 Å². The molecule has 0 aromatic rings. The molecule has 4 aliphatic rings. The minimum atomic E-state index is -0.992. The Bertz CT molecular complexity index is 413. The first-order valence-electron chi connectivity index (χ1n) is 6.98. The molecule has 18 heavy (non-hydrogen) atoms. The molecule has 4 saturated carbocycles. The first-order valence-corrected chi connectivity index (χ1v) is 6.98. The largest absolute Gasteiger partial charge is 0.478 e. The Morgan fingerprint density at radius 1 is 1.33 bits per heavy atom. The molecule has 100 valence electrons. The van der Waals surface area contributed by atoms with Gasteiger partial charge in [0.1, 0.15) is 0 Å². The van der Waals surface area contributed by atoms with Crippen LogP contribution in [0.2, 0.25) is 0 Å². The zero-order valence-corrected chi connectivity index (χ0v) is 11.1. The van der Waals surface area contributed by atoms with Gasteiger partial charge in [-0.25, -0.2) is 4.79 Å². The summed E-state index contributed by atoms with van der Waals surface area (Å²) in [5.74, 6) is 1.77. The van der Waals surface area contributed by atoms with E-state index in [1.165, 1.54) is 12.8 Å². The molecule has 0 amide bonds. The number of carboxylic acids is 1. The van der Waals surface area contributed by atoms with E-state index in [0.29, 0.717) is 10.8 Å². The van der Waals surface area contributed by atoms with E-state index in [1.807, 2.05) is 0 Å². The molecule has 0 saturated heterocycles. The number of allylic oxidation sites excluding steroid dienone is 1. The van der Waals surface area contributed by atoms with Gasteiger partial charge in [0.2, 0.25) is 0 Å². The van der Waals surface area contributed by atoms with Gasteiger partial charge in [0.05, 0.1) is 12.2 Å². The van der Waals surface area contributed by atoms with Gasteiger partial charge in [-0.2, -0.15) is 0 Å². The summed E-state index contributed by atoms with van der Waals surface area (Å²) < 4.78 is 0. The fraction of sp³-hybridized carbons (Fsp3) is 0.800. The molecule has 0 heterocycles. The molecule has 3 atom stereocenters. The Balaban J connectivity index is 1.67. The molecule has 4 fully saturated rings. The van der Waals surface area contributed by atoms with Crippen molar-refractivity contribution in [2.24, 2.45) is 28.6 Å². The van der Waals surface area contributed by atoms with Gasteiger partial charge in [0, 0.05) is 0 Å².